The van der Waals surface area contributed by atoms with E-state index in [2.05, 4.69) is 15.1 Å². The van der Waals surface area contributed by atoms with Gasteiger partial charge in [0.2, 0.25) is 5.88 Å². The second-order valence-electron chi connectivity index (χ2n) is 8.79. The fourth-order valence-corrected chi connectivity index (χ4v) is 6.36. The summed E-state index contributed by atoms with van der Waals surface area (Å²) in [6, 6.07) is 2.99. The number of rotatable bonds is 8. The number of carbonyl (C=O) groups excluding carboxylic acids is 1. The summed E-state index contributed by atoms with van der Waals surface area (Å²) in [5.41, 5.74) is 1.05. The molecule has 33 heavy (non-hydrogen) atoms. The van der Waals surface area contributed by atoms with Crippen LogP contribution in [0.1, 0.15) is 37.6 Å². The molecule has 1 aliphatic heterocycles. The molecule has 1 aliphatic rings. The summed E-state index contributed by atoms with van der Waals surface area (Å²) < 4.78 is 57.7. The summed E-state index contributed by atoms with van der Waals surface area (Å²) in [5.74, 6) is -0.806. The molecule has 3 aromatic heterocycles. The molecule has 11 heteroatoms. The summed E-state index contributed by atoms with van der Waals surface area (Å²) >= 11 is 0. The molecule has 3 aromatic rings. The summed E-state index contributed by atoms with van der Waals surface area (Å²) in [5, 5.41) is 4.46. The van der Waals surface area contributed by atoms with Crippen LogP contribution in [0, 0.1) is 11.2 Å². The quantitative estimate of drug-likeness (QED) is 0.457. The Balaban J connectivity index is 1.68. The van der Waals surface area contributed by atoms with E-state index in [0.717, 1.165) is 6.20 Å². The fourth-order valence-electron chi connectivity index (χ4n) is 4.12. The van der Waals surface area contributed by atoms with Gasteiger partial charge >= 0.3 is 0 Å². The van der Waals surface area contributed by atoms with Crippen LogP contribution in [-0.4, -0.2) is 58.2 Å². The molecule has 4 rings (SSSR count). The lowest BCUT2D eigenvalue weighted by Crippen LogP contribution is -2.47. The van der Waals surface area contributed by atoms with Crippen molar-refractivity contribution in [3.05, 3.63) is 35.9 Å². The number of aryl methyl sites for hydroxylation is 1. The second-order valence-corrected chi connectivity index (χ2v) is 10.9. The first-order valence-electron chi connectivity index (χ1n) is 10.5. The van der Waals surface area contributed by atoms with Gasteiger partial charge in [-0.3, -0.25) is 14.5 Å². The van der Waals surface area contributed by atoms with Crippen molar-refractivity contribution in [1.82, 2.24) is 19.7 Å². The van der Waals surface area contributed by atoms with Crippen molar-refractivity contribution < 1.29 is 26.7 Å². The van der Waals surface area contributed by atoms with E-state index < -0.39 is 27.2 Å². The van der Waals surface area contributed by atoms with Gasteiger partial charge in [0, 0.05) is 41.8 Å². The zero-order valence-electron chi connectivity index (χ0n) is 18.5. The lowest BCUT2D eigenvalue weighted by molar-refractivity contribution is 0.0936. The van der Waals surface area contributed by atoms with Gasteiger partial charge in [-0.1, -0.05) is 6.92 Å². The van der Waals surface area contributed by atoms with Crippen LogP contribution >= 0.6 is 0 Å². The number of sulfone groups is 1. The average molecular weight is 479 g/mol. The maximum atomic E-state index is 14.6. The number of fused-ring (bicyclic) bond motifs is 1. The predicted octanol–water partition coefficient (Wildman–Crippen LogP) is 3.40. The molecule has 0 aliphatic carbocycles. The molecule has 1 atom stereocenters. The second kappa shape index (κ2) is 8.44. The van der Waals surface area contributed by atoms with Crippen molar-refractivity contribution in [3.63, 3.8) is 0 Å². The van der Waals surface area contributed by atoms with Crippen LogP contribution in [0.15, 0.2) is 24.5 Å². The molecule has 0 bridgehead atoms. The minimum absolute atomic E-state index is 0.00857. The Hall–Kier alpha value is -2.95. The number of pyridine rings is 2. The van der Waals surface area contributed by atoms with Gasteiger partial charge in [-0.25, -0.2) is 22.2 Å². The van der Waals surface area contributed by atoms with E-state index in [1.165, 1.54) is 19.2 Å². The highest BCUT2D eigenvalue weighted by molar-refractivity contribution is 7.92. The SMILES string of the molecule is CCn1nc(-c2cc(OCC(C)F)ncc2F)c2ncc(C(=O)CC3(C)CS(=O)(=O)C3)cc21. The van der Waals surface area contributed by atoms with Crippen LogP contribution in [0.4, 0.5) is 8.78 Å². The number of Topliss-reactive ketones (excluding diaryl/α,β-unsaturated/α-hetero) is 1. The number of nitrogens with zero attached hydrogens (tertiary/aromatic N) is 4. The number of ketones is 1. The highest BCUT2D eigenvalue weighted by Crippen LogP contribution is 2.37. The lowest BCUT2D eigenvalue weighted by Gasteiger charge is -2.37. The third-order valence-corrected chi connectivity index (χ3v) is 7.76. The molecule has 176 valence electrons. The maximum Gasteiger partial charge on any atom is 0.214 e. The van der Waals surface area contributed by atoms with E-state index in [-0.39, 0.29) is 47.5 Å². The summed E-state index contributed by atoms with van der Waals surface area (Å²) in [7, 11) is -3.06. The molecule has 0 radical (unpaired) electrons. The third-order valence-electron chi connectivity index (χ3n) is 5.48. The van der Waals surface area contributed by atoms with E-state index in [1.54, 1.807) is 17.7 Å². The first-order chi connectivity index (χ1) is 15.5. The van der Waals surface area contributed by atoms with Crippen molar-refractivity contribution >= 4 is 26.7 Å². The van der Waals surface area contributed by atoms with Crippen LogP contribution in [0.5, 0.6) is 5.88 Å². The maximum absolute atomic E-state index is 14.6. The Bertz CT molecular complexity index is 1330. The Morgan fingerprint density at radius 2 is 2.00 bits per heavy atom. The van der Waals surface area contributed by atoms with Crippen LogP contribution < -0.4 is 4.74 Å². The van der Waals surface area contributed by atoms with Crippen LogP contribution in [0.2, 0.25) is 0 Å². The molecular weight excluding hydrogens is 454 g/mol. The third kappa shape index (κ3) is 4.73. The number of hydrogen-bond acceptors (Lipinski definition) is 7. The van der Waals surface area contributed by atoms with Crippen molar-refractivity contribution in [2.45, 2.75) is 39.9 Å². The molecule has 0 spiro atoms. The Morgan fingerprint density at radius 1 is 1.27 bits per heavy atom. The van der Waals surface area contributed by atoms with Gasteiger partial charge < -0.3 is 4.74 Å². The molecular formula is C22H24F2N4O4S. The highest BCUT2D eigenvalue weighted by Gasteiger charge is 2.45. The monoisotopic (exact) mass is 478 g/mol. The predicted molar refractivity (Wildman–Crippen MR) is 118 cm³/mol. The standard InChI is InChI=1S/C22H24F2N4O4S/c1-4-28-17-5-14(18(29)7-22(3)11-33(30,31)12-22)8-26-21(17)20(27-28)15-6-19(25-9-16(15)24)32-10-13(2)23/h5-6,8-9,13H,4,7,10-12H2,1-3H3. The van der Waals surface area contributed by atoms with E-state index in [1.807, 2.05) is 6.92 Å². The van der Waals surface area contributed by atoms with Gasteiger partial charge in [-0.05, 0) is 19.9 Å². The fraction of sp³-hybridized carbons (Fsp3) is 0.455. The van der Waals surface area contributed by atoms with E-state index in [4.69, 9.17) is 4.74 Å². The van der Waals surface area contributed by atoms with Crippen molar-refractivity contribution in [2.75, 3.05) is 18.1 Å². The first kappa shape index (κ1) is 23.2. The largest absolute Gasteiger partial charge is 0.475 e. The molecule has 1 fully saturated rings. The van der Waals surface area contributed by atoms with Gasteiger partial charge in [0.15, 0.2) is 21.4 Å². The number of halogens is 2. The lowest BCUT2D eigenvalue weighted by atomic mass is 9.86. The van der Waals surface area contributed by atoms with Crippen LogP contribution in [0.25, 0.3) is 22.3 Å². The zero-order valence-corrected chi connectivity index (χ0v) is 19.3. The number of carbonyl (C=O) groups is 1. The van der Waals surface area contributed by atoms with Crippen molar-refractivity contribution in [2.24, 2.45) is 5.41 Å². The van der Waals surface area contributed by atoms with Gasteiger partial charge in [-0.15, -0.1) is 0 Å². The van der Waals surface area contributed by atoms with Gasteiger partial charge in [0.1, 0.15) is 24.0 Å². The average Bonchev–Trinajstić information content (AvgIpc) is 3.09. The number of hydrogen-bond donors (Lipinski definition) is 0. The molecule has 1 unspecified atom stereocenters. The van der Waals surface area contributed by atoms with Gasteiger partial charge in [-0.2, -0.15) is 5.10 Å². The molecule has 0 amide bonds. The Morgan fingerprint density at radius 3 is 2.64 bits per heavy atom. The topological polar surface area (TPSA) is 104 Å². The molecule has 8 nitrogen and oxygen atoms in total. The molecule has 4 heterocycles. The number of aromatic nitrogens is 4. The molecule has 0 N–H and O–H groups in total. The minimum atomic E-state index is -3.06. The summed E-state index contributed by atoms with van der Waals surface area (Å²) in [4.78, 5) is 21.0. The van der Waals surface area contributed by atoms with Gasteiger partial charge in [0.25, 0.3) is 0 Å². The van der Waals surface area contributed by atoms with E-state index >= 15 is 0 Å². The van der Waals surface area contributed by atoms with E-state index in [0.29, 0.717) is 23.1 Å². The normalized spacial score (nSPS) is 17.5. The first-order valence-corrected chi connectivity index (χ1v) is 12.4. The van der Waals surface area contributed by atoms with Crippen molar-refractivity contribution in [3.8, 4) is 17.1 Å². The Kier molecular flexibility index (Phi) is 5.94. The Labute approximate surface area is 189 Å². The molecule has 1 saturated heterocycles. The zero-order chi connectivity index (χ0) is 24.0. The number of alkyl halides is 1. The van der Waals surface area contributed by atoms with Crippen LogP contribution in [-0.2, 0) is 16.4 Å². The van der Waals surface area contributed by atoms with E-state index in [9.17, 15) is 22.0 Å². The minimum Gasteiger partial charge on any atom is -0.475 e. The van der Waals surface area contributed by atoms with Gasteiger partial charge in [0.05, 0.1) is 23.2 Å². The molecule has 0 aromatic carbocycles. The smallest absolute Gasteiger partial charge is 0.214 e. The highest BCUT2D eigenvalue weighted by atomic mass is 32.2. The summed E-state index contributed by atoms with van der Waals surface area (Å²) in [6.45, 7) is 5.20. The summed E-state index contributed by atoms with van der Waals surface area (Å²) in [6.07, 6.45) is 1.27. The molecule has 0 saturated carbocycles. The number of ether oxygens (including phenoxy) is 1. The van der Waals surface area contributed by atoms with Crippen molar-refractivity contribution in [1.29, 1.82) is 0 Å². The van der Waals surface area contributed by atoms with Crippen LogP contribution in [0.3, 0.4) is 0 Å².